The number of anilines is 1. The van der Waals surface area contributed by atoms with Gasteiger partial charge in [0.15, 0.2) is 17.6 Å². The Balaban J connectivity index is 1.50. The zero-order valence-corrected chi connectivity index (χ0v) is 19.5. The lowest BCUT2D eigenvalue weighted by Crippen LogP contribution is -2.51. The van der Waals surface area contributed by atoms with Crippen LogP contribution in [-0.4, -0.2) is 61.1 Å². The van der Waals surface area contributed by atoms with Crippen LogP contribution < -0.4 is 5.73 Å². The zero-order chi connectivity index (χ0) is 26.2. The van der Waals surface area contributed by atoms with Gasteiger partial charge in [-0.25, -0.2) is 28.5 Å². The summed E-state index contributed by atoms with van der Waals surface area (Å²) < 4.78 is 34.3. The topological polar surface area (TPSA) is 151 Å². The summed E-state index contributed by atoms with van der Waals surface area (Å²) in [6.45, 7) is 0.481. The molecular weight excluding hydrogens is 485 g/mol. The number of aliphatic hydroxyl groups is 1. The third-order valence-electron chi connectivity index (χ3n) is 6.17. The molecule has 12 heteroatoms. The van der Waals surface area contributed by atoms with Gasteiger partial charge in [0.2, 0.25) is 5.67 Å². The SMILES string of the molecule is C[C@@]1(F)[C@H](OC(=O)c2ccccc2)[C@@H](COC(=O)c2ccccc2)O[C@@]1(O)c1cnc2c(N)ncnn12. The van der Waals surface area contributed by atoms with E-state index in [0.717, 1.165) is 24.0 Å². The third-order valence-corrected chi connectivity index (χ3v) is 6.17. The molecule has 37 heavy (non-hydrogen) atoms. The maximum Gasteiger partial charge on any atom is 0.338 e. The number of hydrogen-bond acceptors (Lipinski definition) is 10. The molecule has 1 fully saturated rings. The van der Waals surface area contributed by atoms with Crippen molar-refractivity contribution in [3.63, 3.8) is 0 Å². The van der Waals surface area contributed by atoms with Gasteiger partial charge in [-0.2, -0.15) is 5.10 Å². The fourth-order valence-electron chi connectivity index (χ4n) is 4.20. The summed E-state index contributed by atoms with van der Waals surface area (Å²) >= 11 is 0. The van der Waals surface area contributed by atoms with E-state index in [9.17, 15) is 14.7 Å². The highest BCUT2D eigenvalue weighted by atomic mass is 19.1. The van der Waals surface area contributed by atoms with Crippen LogP contribution in [0.2, 0.25) is 0 Å². The van der Waals surface area contributed by atoms with E-state index in [1.54, 1.807) is 48.5 Å². The number of nitrogen functional groups attached to an aromatic ring is 1. The van der Waals surface area contributed by atoms with Gasteiger partial charge in [-0.05, 0) is 31.2 Å². The molecule has 0 amide bonds. The number of ether oxygens (including phenoxy) is 3. The normalized spacial score (nSPS) is 25.2. The molecule has 1 aliphatic heterocycles. The molecule has 3 heterocycles. The van der Waals surface area contributed by atoms with E-state index in [4.69, 9.17) is 19.9 Å². The van der Waals surface area contributed by atoms with Gasteiger partial charge < -0.3 is 25.1 Å². The first-order chi connectivity index (χ1) is 17.7. The monoisotopic (exact) mass is 507 g/mol. The molecule has 5 rings (SSSR count). The minimum atomic E-state index is -2.75. The second-order valence-corrected chi connectivity index (χ2v) is 8.56. The van der Waals surface area contributed by atoms with Gasteiger partial charge in [-0.15, -0.1) is 0 Å². The van der Waals surface area contributed by atoms with Crippen molar-refractivity contribution in [2.75, 3.05) is 12.3 Å². The van der Waals surface area contributed by atoms with E-state index in [1.807, 2.05) is 0 Å². The Kier molecular flexibility index (Phi) is 6.05. The first kappa shape index (κ1) is 24.3. The van der Waals surface area contributed by atoms with E-state index < -0.39 is 42.2 Å². The Hall–Kier alpha value is -4.42. The summed E-state index contributed by atoms with van der Waals surface area (Å²) in [5.74, 6) is -4.29. The number of carbonyl (C=O) groups excluding carboxylic acids is 2. The highest BCUT2D eigenvalue weighted by Gasteiger charge is 2.68. The van der Waals surface area contributed by atoms with Crippen molar-refractivity contribution in [3.8, 4) is 0 Å². The molecule has 4 atom stereocenters. The number of imidazole rings is 1. The molecular formula is C25H22FN5O6. The maximum absolute atomic E-state index is 16.6. The van der Waals surface area contributed by atoms with Crippen LogP contribution >= 0.6 is 0 Å². The maximum atomic E-state index is 16.6. The molecule has 2 aromatic heterocycles. The molecule has 0 unspecified atom stereocenters. The standard InChI is InChI=1S/C25H22FN5O6/c1-24(26)19(36-23(33)16-10-6-3-7-11-16)17(13-35-22(32)15-8-4-2-5-9-15)37-25(24,34)18-12-28-21-20(27)29-14-30-31(18)21/h2-12,14,17,19,34H,13H2,1H3,(H2,27,29,30)/t17-,19-,24-,25+/m1/s1. The molecule has 0 spiro atoms. The van der Waals surface area contributed by atoms with Gasteiger partial charge >= 0.3 is 11.9 Å². The predicted molar refractivity (Wildman–Crippen MR) is 126 cm³/mol. The third kappa shape index (κ3) is 4.15. The van der Waals surface area contributed by atoms with Crippen molar-refractivity contribution in [1.29, 1.82) is 0 Å². The highest BCUT2D eigenvalue weighted by Crippen LogP contribution is 2.49. The van der Waals surface area contributed by atoms with Crippen molar-refractivity contribution in [2.45, 2.75) is 30.6 Å². The Bertz CT molecular complexity index is 1450. The number of hydrogen-bond donors (Lipinski definition) is 2. The molecule has 0 aliphatic carbocycles. The molecule has 2 aromatic carbocycles. The van der Waals surface area contributed by atoms with E-state index in [-0.39, 0.29) is 28.3 Å². The average molecular weight is 507 g/mol. The second kappa shape index (κ2) is 9.22. The summed E-state index contributed by atoms with van der Waals surface area (Å²) in [4.78, 5) is 33.3. The van der Waals surface area contributed by atoms with Crippen LogP contribution in [0.15, 0.2) is 73.2 Å². The number of alkyl halides is 1. The smallest absolute Gasteiger partial charge is 0.338 e. The lowest BCUT2D eigenvalue weighted by atomic mass is 9.89. The molecule has 1 saturated heterocycles. The Morgan fingerprint density at radius 1 is 1.08 bits per heavy atom. The van der Waals surface area contributed by atoms with Gasteiger partial charge in [0, 0.05) is 0 Å². The van der Waals surface area contributed by atoms with Gasteiger partial charge in [-0.1, -0.05) is 36.4 Å². The first-order valence-corrected chi connectivity index (χ1v) is 11.2. The molecule has 0 saturated carbocycles. The van der Waals surface area contributed by atoms with Crippen molar-refractivity contribution < 1.29 is 33.3 Å². The van der Waals surface area contributed by atoms with Gasteiger partial charge in [0.05, 0.1) is 17.3 Å². The van der Waals surface area contributed by atoms with Gasteiger partial charge in [0.25, 0.3) is 5.79 Å². The van der Waals surface area contributed by atoms with Crippen LogP contribution in [0.3, 0.4) is 0 Å². The van der Waals surface area contributed by atoms with Crippen molar-refractivity contribution >= 4 is 23.4 Å². The summed E-state index contributed by atoms with van der Waals surface area (Å²) in [6.07, 6.45) is -0.858. The number of nitrogens with two attached hydrogens (primary N) is 1. The molecule has 3 N–H and O–H groups in total. The number of aromatic nitrogens is 4. The lowest BCUT2D eigenvalue weighted by molar-refractivity contribution is -0.256. The van der Waals surface area contributed by atoms with E-state index in [2.05, 4.69) is 15.1 Å². The second-order valence-electron chi connectivity index (χ2n) is 8.56. The predicted octanol–water partition coefficient (Wildman–Crippen LogP) is 2.06. The van der Waals surface area contributed by atoms with Crippen LogP contribution in [0, 0.1) is 0 Å². The highest BCUT2D eigenvalue weighted by molar-refractivity contribution is 5.90. The minimum absolute atomic E-state index is 0.0104. The molecule has 1 aliphatic rings. The van der Waals surface area contributed by atoms with Crippen LogP contribution in [0.1, 0.15) is 33.3 Å². The van der Waals surface area contributed by atoms with E-state index in [0.29, 0.717) is 0 Å². The number of fused-ring (bicyclic) bond motifs is 1. The van der Waals surface area contributed by atoms with E-state index >= 15 is 4.39 Å². The summed E-state index contributed by atoms with van der Waals surface area (Å²) in [6, 6.07) is 16.1. The fourth-order valence-corrected chi connectivity index (χ4v) is 4.20. The van der Waals surface area contributed by atoms with Gasteiger partial charge in [0.1, 0.15) is 24.7 Å². The molecule has 0 bridgehead atoms. The quantitative estimate of drug-likeness (QED) is 0.371. The number of nitrogens with zero attached hydrogens (tertiary/aromatic N) is 4. The lowest BCUT2D eigenvalue weighted by Gasteiger charge is -2.32. The Morgan fingerprint density at radius 2 is 1.70 bits per heavy atom. The van der Waals surface area contributed by atoms with Crippen molar-refractivity contribution in [2.24, 2.45) is 0 Å². The van der Waals surface area contributed by atoms with Gasteiger partial charge in [-0.3, -0.25) is 0 Å². The molecule has 0 radical (unpaired) electrons. The molecule has 4 aromatic rings. The van der Waals surface area contributed by atoms with Crippen LogP contribution in [0.25, 0.3) is 5.65 Å². The van der Waals surface area contributed by atoms with Crippen molar-refractivity contribution in [1.82, 2.24) is 19.6 Å². The molecule has 190 valence electrons. The Labute approximate surface area is 209 Å². The molecule has 11 nitrogen and oxygen atoms in total. The number of esters is 2. The Morgan fingerprint density at radius 3 is 2.35 bits per heavy atom. The van der Waals surface area contributed by atoms with Crippen LogP contribution in [0.5, 0.6) is 0 Å². The number of benzene rings is 2. The largest absolute Gasteiger partial charge is 0.459 e. The zero-order valence-electron chi connectivity index (χ0n) is 19.5. The fraction of sp³-hybridized carbons (Fsp3) is 0.240. The summed E-state index contributed by atoms with van der Waals surface area (Å²) in [5.41, 5.74) is 3.32. The summed E-state index contributed by atoms with van der Waals surface area (Å²) in [5, 5.41) is 15.6. The van der Waals surface area contributed by atoms with Crippen molar-refractivity contribution in [3.05, 3.63) is 90.0 Å². The first-order valence-electron chi connectivity index (χ1n) is 11.2. The van der Waals surface area contributed by atoms with E-state index in [1.165, 1.54) is 12.1 Å². The van der Waals surface area contributed by atoms with Crippen LogP contribution in [0.4, 0.5) is 10.2 Å². The number of halogens is 1. The average Bonchev–Trinajstić information content (AvgIpc) is 3.43. The summed E-state index contributed by atoms with van der Waals surface area (Å²) in [7, 11) is 0. The number of rotatable bonds is 6. The minimum Gasteiger partial charge on any atom is -0.459 e. The number of carbonyl (C=O) groups is 2. The van der Waals surface area contributed by atoms with Crippen LogP contribution in [-0.2, 0) is 20.0 Å².